The zero-order valence-electron chi connectivity index (χ0n) is 17.9. The minimum absolute atomic E-state index is 0.0569. The van der Waals surface area contributed by atoms with Crippen LogP contribution >= 0.6 is 0 Å². The Hall–Kier alpha value is -3.82. The molecule has 1 saturated heterocycles. The van der Waals surface area contributed by atoms with E-state index in [0.717, 1.165) is 4.90 Å². The zero-order chi connectivity index (χ0) is 23.7. The van der Waals surface area contributed by atoms with Crippen LogP contribution in [0.4, 0.5) is 24.1 Å². The summed E-state index contributed by atoms with van der Waals surface area (Å²) in [5.41, 5.74) is 6.81. The summed E-state index contributed by atoms with van der Waals surface area (Å²) in [7, 11) is 0. The lowest BCUT2D eigenvalue weighted by Gasteiger charge is -2.23. The number of pyridine rings is 1. The molecule has 0 unspecified atom stereocenters. The lowest BCUT2D eigenvalue weighted by atomic mass is 10.0. The number of anilines is 1. The molecular formula is C23H23F2N5O3. The number of halogens is 2. The third-order valence-corrected chi connectivity index (χ3v) is 5.84. The lowest BCUT2D eigenvalue weighted by Crippen LogP contribution is -2.43. The fraction of sp³-hybridized carbons (Fsp3) is 0.304. The van der Waals surface area contributed by atoms with Crippen LogP contribution in [0.15, 0.2) is 42.7 Å². The molecular weight excluding hydrogens is 432 g/mol. The van der Waals surface area contributed by atoms with E-state index < -0.39 is 30.1 Å². The van der Waals surface area contributed by atoms with Gasteiger partial charge in [-0.25, -0.2) is 18.4 Å². The Balaban J connectivity index is 1.50. The molecule has 0 radical (unpaired) electrons. The van der Waals surface area contributed by atoms with Crippen molar-refractivity contribution in [3.8, 4) is 0 Å². The smallest absolute Gasteiger partial charge is 0.323 e. The number of amides is 3. The van der Waals surface area contributed by atoms with Crippen LogP contribution in [0.5, 0.6) is 0 Å². The Morgan fingerprint density at radius 2 is 2.00 bits per heavy atom. The predicted octanol–water partition coefficient (Wildman–Crippen LogP) is 3.56. The minimum Gasteiger partial charge on any atom is -0.351 e. The van der Waals surface area contributed by atoms with Crippen LogP contribution in [-0.2, 0) is 11.2 Å². The highest BCUT2D eigenvalue weighted by atomic mass is 19.1. The number of nitrogens with two attached hydrogens (primary N) is 1. The Labute approximate surface area is 188 Å². The molecule has 3 amide bonds. The van der Waals surface area contributed by atoms with Gasteiger partial charge in [0.05, 0.1) is 29.5 Å². The van der Waals surface area contributed by atoms with Gasteiger partial charge in [0.15, 0.2) is 5.78 Å². The summed E-state index contributed by atoms with van der Waals surface area (Å²) in [6.07, 6.45) is 1.35. The number of fused-ring (bicyclic) bond motifs is 1. The molecule has 1 aromatic carbocycles. The van der Waals surface area contributed by atoms with E-state index >= 15 is 0 Å². The average Bonchev–Trinajstić information content (AvgIpc) is 3.36. The molecule has 0 bridgehead atoms. The number of ketones is 1. The van der Waals surface area contributed by atoms with Gasteiger partial charge in [0.1, 0.15) is 12.0 Å². The maximum Gasteiger partial charge on any atom is 0.323 e. The molecule has 4 rings (SSSR count). The standard InChI is InChI=1S/C23H23F2N5O3/c1-13-8-9-27-16(21(13)25)6-7-20(31)19-10-14(24)11-30(19)23(33)28-17-12-29(22(26)32)18-5-3-2-4-15(17)18/h2-5,8-9,12,14,19H,6-7,10-11H2,1H3,(H2,26,32)(H,28,33)/t14-,19+/m1/s1. The van der Waals surface area contributed by atoms with E-state index in [1.54, 1.807) is 31.2 Å². The molecule has 10 heteroatoms. The summed E-state index contributed by atoms with van der Waals surface area (Å²) in [6, 6.07) is 6.02. The molecule has 8 nitrogen and oxygen atoms in total. The lowest BCUT2D eigenvalue weighted by molar-refractivity contribution is -0.122. The van der Waals surface area contributed by atoms with Crippen LogP contribution in [0.25, 0.3) is 10.9 Å². The van der Waals surface area contributed by atoms with Crippen molar-refractivity contribution < 1.29 is 23.2 Å². The number of primary amides is 1. The number of Topliss-reactive ketones (excluding diaryl/α,β-unsaturated/α-hetero) is 1. The van der Waals surface area contributed by atoms with Gasteiger partial charge in [-0.2, -0.15) is 0 Å². The second-order valence-corrected chi connectivity index (χ2v) is 8.05. The first-order valence-electron chi connectivity index (χ1n) is 10.5. The van der Waals surface area contributed by atoms with Crippen molar-refractivity contribution in [3.05, 3.63) is 59.8 Å². The first kappa shape index (κ1) is 22.4. The van der Waals surface area contributed by atoms with E-state index in [1.807, 2.05) is 0 Å². The van der Waals surface area contributed by atoms with Crippen molar-refractivity contribution >= 4 is 34.4 Å². The number of benzene rings is 1. The topological polar surface area (TPSA) is 110 Å². The number of hydrogen-bond donors (Lipinski definition) is 2. The molecule has 3 N–H and O–H groups in total. The minimum atomic E-state index is -1.36. The first-order chi connectivity index (χ1) is 15.8. The molecule has 3 heterocycles. The molecule has 172 valence electrons. The molecule has 2 atom stereocenters. The van der Waals surface area contributed by atoms with Crippen molar-refractivity contribution in [2.75, 3.05) is 11.9 Å². The maximum atomic E-state index is 14.2. The number of hydrogen-bond acceptors (Lipinski definition) is 4. The van der Waals surface area contributed by atoms with Crippen LogP contribution in [0, 0.1) is 12.7 Å². The monoisotopic (exact) mass is 455 g/mol. The molecule has 0 saturated carbocycles. The van der Waals surface area contributed by atoms with E-state index in [-0.39, 0.29) is 37.3 Å². The van der Waals surface area contributed by atoms with E-state index in [4.69, 9.17) is 5.73 Å². The van der Waals surface area contributed by atoms with Gasteiger partial charge in [0.2, 0.25) is 0 Å². The number of nitrogens with one attached hydrogen (secondary N) is 1. The summed E-state index contributed by atoms with van der Waals surface area (Å²) in [6.45, 7) is 1.36. The van der Waals surface area contributed by atoms with Gasteiger partial charge >= 0.3 is 12.1 Å². The Morgan fingerprint density at radius 3 is 2.76 bits per heavy atom. The highest BCUT2D eigenvalue weighted by Crippen LogP contribution is 2.28. The zero-order valence-corrected chi connectivity index (χ0v) is 17.9. The molecule has 2 aromatic heterocycles. The summed E-state index contributed by atoms with van der Waals surface area (Å²) >= 11 is 0. The third-order valence-electron chi connectivity index (χ3n) is 5.84. The number of likely N-dealkylation sites (tertiary alicyclic amines) is 1. The number of carbonyl (C=O) groups excluding carboxylic acids is 3. The van der Waals surface area contributed by atoms with Crippen molar-refractivity contribution in [2.45, 2.75) is 38.4 Å². The van der Waals surface area contributed by atoms with Gasteiger partial charge in [-0.05, 0) is 31.0 Å². The fourth-order valence-corrected chi connectivity index (χ4v) is 4.14. The summed E-state index contributed by atoms with van der Waals surface area (Å²) in [5.74, 6) is -0.840. The number of nitrogens with zero attached hydrogens (tertiary/aromatic N) is 3. The highest BCUT2D eigenvalue weighted by molar-refractivity contribution is 6.05. The summed E-state index contributed by atoms with van der Waals surface area (Å²) < 4.78 is 29.6. The first-order valence-corrected chi connectivity index (χ1v) is 10.5. The van der Waals surface area contributed by atoms with Crippen LogP contribution in [0.3, 0.4) is 0 Å². The fourth-order valence-electron chi connectivity index (χ4n) is 4.14. The van der Waals surface area contributed by atoms with Crippen molar-refractivity contribution in [1.29, 1.82) is 0 Å². The van der Waals surface area contributed by atoms with Crippen molar-refractivity contribution in [3.63, 3.8) is 0 Å². The Kier molecular flexibility index (Phi) is 6.08. The van der Waals surface area contributed by atoms with E-state index in [9.17, 15) is 23.2 Å². The van der Waals surface area contributed by atoms with Crippen LogP contribution < -0.4 is 11.1 Å². The second kappa shape index (κ2) is 8.97. The second-order valence-electron chi connectivity index (χ2n) is 8.05. The number of aryl methyl sites for hydroxylation is 2. The average molecular weight is 455 g/mol. The van der Waals surface area contributed by atoms with Gasteiger partial charge in [-0.1, -0.05) is 18.2 Å². The number of alkyl halides is 1. The predicted molar refractivity (Wildman–Crippen MR) is 118 cm³/mol. The number of carbonyl (C=O) groups is 3. The highest BCUT2D eigenvalue weighted by Gasteiger charge is 2.39. The number of rotatable bonds is 5. The third kappa shape index (κ3) is 4.41. The molecule has 0 spiro atoms. The summed E-state index contributed by atoms with van der Waals surface area (Å²) in [4.78, 5) is 42.6. The van der Waals surface area contributed by atoms with Crippen LogP contribution in [0.1, 0.15) is 24.1 Å². The van der Waals surface area contributed by atoms with Gasteiger partial charge < -0.3 is 16.0 Å². The normalized spacial score (nSPS) is 18.0. The molecule has 3 aromatic rings. The number of urea groups is 1. The molecule has 1 aliphatic rings. The Bertz CT molecular complexity index is 1240. The summed E-state index contributed by atoms with van der Waals surface area (Å²) in [5, 5.41) is 3.24. The SMILES string of the molecule is Cc1ccnc(CCC(=O)[C@@H]2C[C@@H](F)CN2C(=O)Nc2cn(C(N)=O)c3ccccc23)c1F. The maximum absolute atomic E-state index is 14.2. The van der Waals surface area contributed by atoms with E-state index in [1.165, 1.54) is 23.0 Å². The van der Waals surface area contributed by atoms with Crippen molar-refractivity contribution in [2.24, 2.45) is 5.73 Å². The van der Waals surface area contributed by atoms with E-state index in [0.29, 0.717) is 22.2 Å². The number of para-hydroxylation sites is 1. The molecule has 0 aliphatic carbocycles. The van der Waals surface area contributed by atoms with Gasteiger partial charge in [0.25, 0.3) is 0 Å². The number of aromatic nitrogens is 2. The molecule has 33 heavy (non-hydrogen) atoms. The van der Waals surface area contributed by atoms with Gasteiger partial charge in [-0.3, -0.25) is 14.3 Å². The largest absolute Gasteiger partial charge is 0.351 e. The Morgan fingerprint density at radius 1 is 1.24 bits per heavy atom. The van der Waals surface area contributed by atoms with Crippen molar-refractivity contribution in [1.82, 2.24) is 14.5 Å². The van der Waals surface area contributed by atoms with Crippen LogP contribution in [0.2, 0.25) is 0 Å². The molecule has 1 aliphatic heterocycles. The van der Waals surface area contributed by atoms with E-state index in [2.05, 4.69) is 10.3 Å². The quantitative estimate of drug-likeness (QED) is 0.613. The van der Waals surface area contributed by atoms with Gasteiger partial charge in [-0.15, -0.1) is 0 Å². The molecule has 1 fully saturated rings. The van der Waals surface area contributed by atoms with Gasteiger partial charge in [0, 0.05) is 30.6 Å². The van der Waals surface area contributed by atoms with Crippen LogP contribution in [-0.4, -0.2) is 51.1 Å².